The minimum atomic E-state index is -0.471. The number of rotatable bonds is 7. The average Bonchev–Trinajstić information content (AvgIpc) is 3.44. The van der Waals surface area contributed by atoms with Gasteiger partial charge < -0.3 is 15.0 Å². The molecule has 0 bridgehead atoms. The number of hydrogen-bond acceptors (Lipinski definition) is 5. The quantitative estimate of drug-likeness (QED) is 0.514. The summed E-state index contributed by atoms with van der Waals surface area (Å²) in [5, 5.41) is 2.85. The number of carbonyl (C=O) groups excluding carboxylic acids is 4. The molecule has 0 saturated carbocycles. The highest BCUT2D eigenvalue weighted by Crippen LogP contribution is 2.30. The zero-order chi connectivity index (χ0) is 25.2. The number of nitrogens with one attached hydrogen (secondary N) is 1. The van der Waals surface area contributed by atoms with Crippen LogP contribution in [0.3, 0.4) is 0 Å². The Morgan fingerprint density at radius 1 is 0.889 bits per heavy atom. The van der Waals surface area contributed by atoms with Crippen molar-refractivity contribution in [2.24, 2.45) is 0 Å². The van der Waals surface area contributed by atoms with Crippen molar-refractivity contribution in [3.05, 3.63) is 89.0 Å². The van der Waals surface area contributed by atoms with Crippen LogP contribution in [0.4, 0.5) is 11.4 Å². The van der Waals surface area contributed by atoms with Crippen LogP contribution in [0.1, 0.15) is 56.4 Å². The molecule has 1 fully saturated rings. The Balaban J connectivity index is 1.26. The Kier molecular flexibility index (Phi) is 6.25. The first kappa shape index (κ1) is 23.3. The molecule has 2 heterocycles. The Bertz CT molecular complexity index is 1350. The molecule has 0 aromatic heterocycles. The number of benzene rings is 3. The number of nitrogens with zero attached hydrogens (tertiary/aromatic N) is 2. The summed E-state index contributed by atoms with van der Waals surface area (Å²) in [6.45, 7) is 3.40. The van der Waals surface area contributed by atoms with Crippen LogP contribution in [0, 0.1) is 0 Å². The molecule has 36 heavy (non-hydrogen) atoms. The van der Waals surface area contributed by atoms with Crippen LogP contribution in [0.25, 0.3) is 0 Å². The molecule has 1 saturated heterocycles. The van der Waals surface area contributed by atoms with Gasteiger partial charge in [-0.2, -0.15) is 0 Å². The van der Waals surface area contributed by atoms with E-state index in [9.17, 15) is 19.2 Å². The average molecular weight is 484 g/mol. The van der Waals surface area contributed by atoms with E-state index in [0.717, 1.165) is 29.1 Å². The first-order valence-corrected chi connectivity index (χ1v) is 11.9. The van der Waals surface area contributed by atoms with E-state index in [4.69, 9.17) is 4.74 Å². The molecule has 5 rings (SSSR count). The van der Waals surface area contributed by atoms with Crippen molar-refractivity contribution < 1.29 is 23.9 Å². The van der Waals surface area contributed by atoms with E-state index in [1.807, 2.05) is 31.2 Å². The third-order valence-electron chi connectivity index (χ3n) is 6.33. The predicted octanol–water partition coefficient (Wildman–Crippen LogP) is 3.94. The lowest BCUT2D eigenvalue weighted by atomic mass is 10.1. The molecule has 2 aliphatic heterocycles. The van der Waals surface area contributed by atoms with E-state index in [1.54, 1.807) is 35.2 Å². The molecule has 8 heteroatoms. The maximum atomic E-state index is 13.1. The maximum Gasteiger partial charge on any atom is 0.266 e. The van der Waals surface area contributed by atoms with Gasteiger partial charge in [-0.3, -0.25) is 19.2 Å². The van der Waals surface area contributed by atoms with Gasteiger partial charge in [-0.15, -0.1) is 0 Å². The standard InChI is InChI=1S/C28H25N3O5/c1-2-36-22-12-10-21(11-13-22)31-27(34)23-14-7-19(16-24(23)28(31)35)26(33)29-17-18-5-8-20(9-6-18)30-15-3-4-25(30)32/h5-14,16H,2-4,15,17H2,1H3,(H,29,33). The minimum absolute atomic E-state index is 0.127. The number of fused-ring (bicyclic) bond motifs is 1. The SMILES string of the molecule is CCOc1ccc(N2C(=O)c3ccc(C(=O)NCc4ccc(N5CCCC5=O)cc4)cc3C2=O)cc1. The maximum absolute atomic E-state index is 13.1. The zero-order valence-electron chi connectivity index (χ0n) is 19.8. The summed E-state index contributed by atoms with van der Waals surface area (Å²) in [5.74, 6) is -0.474. The fourth-order valence-corrected chi connectivity index (χ4v) is 4.47. The summed E-state index contributed by atoms with van der Waals surface area (Å²) in [6, 6.07) is 18.7. The van der Waals surface area contributed by atoms with Crippen molar-refractivity contribution in [1.29, 1.82) is 0 Å². The Hall–Kier alpha value is -4.46. The third-order valence-corrected chi connectivity index (χ3v) is 6.33. The second-order valence-electron chi connectivity index (χ2n) is 8.63. The van der Waals surface area contributed by atoms with Gasteiger partial charge in [0.25, 0.3) is 17.7 Å². The Morgan fingerprint density at radius 3 is 2.25 bits per heavy atom. The number of ether oxygens (including phenoxy) is 1. The number of imide groups is 1. The molecule has 0 spiro atoms. The van der Waals surface area contributed by atoms with Crippen LogP contribution < -0.4 is 19.9 Å². The van der Waals surface area contributed by atoms with Gasteiger partial charge in [0.05, 0.1) is 23.4 Å². The summed E-state index contributed by atoms with van der Waals surface area (Å²) < 4.78 is 5.42. The molecule has 0 atom stereocenters. The highest BCUT2D eigenvalue weighted by molar-refractivity contribution is 6.34. The van der Waals surface area contributed by atoms with Crippen LogP contribution in [-0.2, 0) is 11.3 Å². The highest BCUT2D eigenvalue weighted by atomic mass is 16.5. The van der Waals surface area contributed by atoms with Gasteiger partial charge in [-0.25, -0.2) is 4.90 Å². The summed E-state index contributed by atoms with van der Waals surface area (Å²) in [5.41, 5.74) is 2.93. The second-order valence-corrected chi connectivity index (χ2v) is 8.63. The van der Waals surface area contributed by atoms with Crippen molar-refractivity contribution in [2.45, 2.75) is 26.3 Å². The number of carbonyl (C=O) groups is 4. The summed E-state index contributed by atoms with van der Waals surface area (Å²) in [7, 11) is 0. The zero-order valence-corrected chi connectivity index (χ0v) is 19.8. The second kappa shape index (κ2) is 9.65. The van der Waals surface area contributed by atoms with Crippen molar-refractivity contribution in [1.82, 2.24) is 5.32 Å². The van der Waals surface area contributed by atoms with Gasteiger partial charge in [-0.1, -0.05) is 12.1 Å². The topological polar surface area (TPSA) is 96.0 Å². The van der Waals surface area contributed by atoms with E-state index < -0.39 is 11.8 Å². The van der Waals surface area contributed by atoms with Gasteiger partial charge in [0.2, 0.25) is 5.91 Å². The van der Waals surface area contributed by atoms with E-state index in [2.05, 4.69) is 5.32 Å². The lowest BCUT2D eigenvalue weighted by molar-refractivity contribution is -0.117. The van der Waals surface area contributed by atoms with Crippen LogP contribution in [-0.4, -0.2) is 36.8 Å². The summed E-state index contributed by atoms with van der Waals surface area (Å²) in [4.78, 5) is 53.5. The Morgan fingerprint density at radius 2 is 1.58 bits per heavy atom. The first-order chi connectivity index (χ1) is 17.5. The molecule has 3 aromatic carbocycles. The molecule has 0 unspecified atom stereocenters. The molecule has 2 aliphatic rings. The van der Waals surface area contributed by atoms with E-state index >= 15 is 0 Å². The van der Waals surface area contributed by atoms with Gasteiger partial charge >= 0.3 is 0 Å². The molecule has 3 aromatic rings. The summed E-state index contributed by atoms with van der Waals surface area (Å²) in [6.07, 6.45) is 1.44. The fourth-order valence-electron chi connectivity index (χ4n) is 4.47. The number of hydrogen-bond donors (Lipinski definition) is 1. The van der Waals surface area contributed by atoms with Crippen molar-refractivity contribution in [3.8, 4) is 5.75 Å². The van der Waals surface area contributed by atoms with Gasteiger partial charge in [-0.05, 0) is 73.5 Å². The monoisotopic (exact) mass is 483 g/mol. The normalized spacial score (nSPS) is 14.9. The highest BCUT2D eigenvalue weighted by Gasteiger charge is 2.37. The number of anilines is 2. The van der Waals surface area contributed by atoms with Crippen molar-refractivity contribution >= 4 is 35.0 Å². The lowest BCUT2D eigenvalue weighted by Crippen LogP contribution is -2.29. The van der Waals surface area contributed by atoms with Crippen molar-refractivity contribution in [2.75, 3.05) is 23.0 Å². The van der Waals surface area contributed by atoms with Gasteiger partial charge in [0, 0.05) is 30.8 Å². The largest absolute Gasteiger partial charge is 0.494 e. The molecular weight excluding hydrogens is 458 g/mol. The Labute approximate surface area is 208 Å². The number of amides is 4. The molecule has 4 amide bonds. The molecule has 1 N–H and O–H groups in total. The molecule has 182 valence electrons. The van der Waals surface area contributed by atoms with Crippen LogP contribution >= 0.6 is 0 Å². The van der Waals surface area contributed by atoms with Crippen LogP contribution in [0.5, 0.6) is 5.75 Å². The molecule has 8 nitrogen and oxygen atoms in total. The van der Waals surface area contributed by atoms with E-state index in [1.165, 1.54) is 12.1 Å². The van der Waals surface area contributed by atoms with Crippen LogP contribution in [0.15, 0.2) is 66.7 Å². The van der Waals surface area contributed by atoms with Gasteiger partial charge in [0.15, 0.2) is 0 Å². The molecule has 0 radical (unpaired) electrons. The first-order valence-electron chi connectivity index (χ1n) is 11.9. The molecular formula is C28H25N3O5. The predicted molar refractivity (Wildman–Crippen MR) is 134 cm³/mol. The lowest BCUT2D eigenvalue weighted by Gasteiger charge is -2.16. The van der Waals surface area contributed by atoms with Crippen molar-refractivity contribution in [3.63, 3.8) is 0 Å². The summed E-state index contributed by atoms with van der Waals surface area (Å²) >= 11 is 0. The van der Waals surface area contributed by atoms with E-state index in [-0.39, 0.29) is 29.5 Å². The van der Waals surface area contributed by atoms with Gasteiger partial charge in [0.1, 0.15) is 5.75 Å². The molecule has 0 aliphatic carbocycles. The minimum Gasteiger partial charge on any atom is -0.494 e. The fraction of sp³-hybridized carbons (Fsp3) is 0.214. The van der Waals surface area contributed by atoms with E-state index in [0.29, 0.717) is 30.0 Å². The smallest absolute Gasteiger partial charge is 0.266 e. The van der Waals surface area contributed by atoms with Crippen LogP contribution in [0.2, 0.25) is 0 Å². The third kappa shape index (κ3) is 4.33.